The van der Waals surface area contributed by atoms with Crippen LogP contribution in [-0.2, 0) is 9.53 Å². The maximum atomic E-state index is 11.0. The van der Waals surface area contributed by atoms with E-state index >= 15 is 0 Å². The highest BCUT2D eigenvalue weighted by molar-refractivity contribution is 5.69. The van der Waals surface area contributed by atoms with Crippen molar-refractivity contribution < 1.29 is 9.53 Å². The molecule has 0 aromatic carbocycles. The largest absolute Gasteiger partial charge is 0.466 e. The summed E-state index contributed by atoms with van der Waals surface area (Å²) in [4.78, 5) is 11.0. The highest BCUT2D eigenvalue weighted by atomic mass is 16.5. The zero-order chi connectivity index (χ0) is 10.9. The lowest BCUT2D eigenvalue weighted by Crippen LogP contribution is -2.21. The molecule has 1 saturated carbocycles. The van der Waals surface area contributed by atoms with E-state index in [0.29, 0.717) is 13.0 Å². The van der Waals surface area contributed by atoms with Gasteiger partial charge in [0.1, 0.15) is 0 Å². The molecule has 0 aromatic heterocycles. The van der Waals surface area contributed by atoms with E-state index in [0.717, 1.165) is 19.0 Å². The summed E-state index contributed by atoms with van der Waals surface area (Å²) in [6, 6.07) is 0. The Balaban J connectivity index is 1.86. The van der Waals surface area contributed by atoms with E-state index in [-0.39, 0.29) is 5.97 Å². The number of nitrogens with one attached hydrogen (secondary N) is 1. The highest BCUT2D eigenvalue weighted by Gasteiger charge is 2.13. The molecular weight excluding hydrogens is 190 g/mol. The van der Waals surface area contributed by atoms with Crippen molar-refractivity contribution in [2.45, 2.75) is 45.4 Å². The van der Waals surface area contributed by atoms with Crippen LogP contribution in [-0.4, -0.2) is 25.7 Å². The second-order valence-corrected chi connectivity index (χ2v) is 4.24. The first-order valence-corrected chi connectivity index (χ1v) is 6.19. The molecular formula is C12H23NO2. The zero-order valence-electron chi connectivity index (χ0n) is 9.76. The summed E-state index contributed by atoms with van der Waals surface area (Å²) in [5, 5.41) is 3.30. The number of ether oxygens (including phenoxy) is 1. The summed E-state index contributed by atoms with van der Waals surface area (Å²) < 4.78 is 4.84. The Morgan fingerprint density at radius 2 is 2.07 bits per heavy atom. The van der Waals surface area contributed by atoms with Crippen LogP contribution in [0.5, 0.6) is 0 Å². The Labute approximate surface area is 92.6 Å². The van der Waals surface area contributed by atoms with Crippen molar-refractivity contribution >= 4 is 5.97 Å². The summed E-state index contributed by atoms with van der Waals surface area (Å²) in [7, 11) is 0. The second-order valence-electron chi connectivity index (χ2n) is 4.24. The molecule has 1 fully saturated rings. The Kier molecular flexibility index (Phi) is 6.41. The van der Waals surface area contributed by atoms with E-state index in [9.17, 15) is 4.79 Å². The van der Waals surface area contributed by atoms with Gasteiger partial charge in [0.2, 0.25) is 0 Å². The molecule has 1 N–H and O–H groups in total. The first kappa shape index (κ1) is 12.5. The number of esters is 1. The van der Waals surface area contributed by atoms with Crippen LogP contribution in [0.3, 0.4) is 0 Å². The standard InChI is InChI=1S/C12H23NO2/c1-2-15-12(14)8-10-13-9-7-11-5-3-4-6-11/h11,13H,2-10H2,1H3. The number of carbonyl (C=O) groups excluding carboxylic acids is 1. The topological polar surface area (TPSA) is 38.3 Å². The molecule has 1 aliphatic carbocycles. The van der Waals surface area contributed by atoms with Crippen LogP contribution in [0.15, 0.2) is 0 Å². The minimum absolute atomic E-state index is 0.0918. The zero-order valence-corrected chi connectivity index (χ0v) is 9.76. The maximum Gasteiger partial charge on any atom is 0.307 e. The molecule has 0 aliphatic heterocycles. The lowest BCUT2D eigenvalue weighted by molar-refractivity contribution is -0.142. The van der Waals surface area contributed by atoms with Crippen LogP contribution in [0.25, 0.3) is 0 Å². The van der Waals surface area contributed by atoms with Crippen LogP contribution < -0.4 is 5.32 Å². The summed E-state index contributed by atoms with van der Waals surface area (Å²) in [6.45, 7) is 4.13. The molecule has 0 aromatic rings. The van der Waals surface area contributed by atoms with Crippen molar-refractivity contribution in [3.05, 3.63) is 0 Å². The molecule has 0 bridgehead atoms. The van der Waals surface area contributed by atoms with Crippen molar-refractivity contribution in [3.63, 3.8) is 0 Å². The van der Waals surface area contributed by atoms with Crippen molar-refractivity contribution in [1.82, 2.24) is 5.32 Å². The lowest BCUT2D eigenvalue weighted by atomic mass is 10.0. The van der Waals surface area contributed by atoms with Gasteiger partial charge in [0, 0.05) is 6.54 Å². The fourth-order valence-electron chi connectivity index (χ4n) is 2.15. The molecule has 3 heteroatoms. The molecule has 0 spiro atoms. The van der Waals surface area contributed by atoms with Gasteiger partial charge in [-0.1, -0.05) is 25.7 Å². The van der Waals surface area contributed by atoms with Crippen molar-refractivity contribution in [3.8, 4) is 0 Å². The van der Waals surface area contributed by atoms with E-state index in [1.807, 2.05) is 6.92 Å². The van der Waals surface area contributed by atoms with E-state index in [4.69, 9.17) is 4.74 Å². The third kappa shape index (κ3) is 5.78. The predicted molar refractivity (Wildman–Crippen MR) is 60.7 cm³/mol. The minimum atomic E-state index is -0.0918. The van der Waals surface area contributed by atoms with Crippen molar-refractivity contribution in [2.75, 3.05) is 19.7 Å². The van der Waals surface area contributed by atoms with Crippen LogP contribution in [0.4, 0.5) is 0 Å². The van der Waals surface area contributed by atoms with Crippen LogP contribution in [0, 0.1) is 5.92 Å². The van der Waals surface area contributed by atoms with Crippen molar-refractivity contribution in [1.29, 1.82) is 0 Å². The highest BCUT2D eigenvalue weighted by Crippen LogP contribution is 2.26. The average Bonchev–Trinajstić information content (AvgIpc) is 2.70. The normalized spacial score (nSPS) is 16.9. The number of hydrogen-bond acceptors (Lipinski definition) is 3. The smallest absolute Gasteiger partial charge is 0.307 e. The van der Waals surface area contributed by atoms with E-state index in [1.54, 1.807) is 0 Å². The molecule has 15 heavy (non-hydrogen) atoms. The van der Waals surface area contributed by atoms with Crippen LogP contribution >= 0.6 is 0 Å². The second kappa shape index (κ2) is 7.69. The third-order valence-electron chi connectivity index (χ3n) is 3.02. The summed E-state index contributed by atoms with van der Waals surface area (Å²) >= 11 is 0. The van der Waals surface area contributed by atoms with Crippen LogP contribution in [0.1, 0.15) is 45.4 Å². The number of carbonyl (C=O) groups is 1. The number of hydrogen-bond donors (Lipinski definition) is 1. The van der Waals surface area contributed by atoms with Gasteiger partial charge in [-0.05, 0) is 25.8 Å². The van der Waals surface area contributed by atoms with E-state index in [2.05, 4.69) is 5.32 Å². The van der Waals surface area contributed by atoms with Gasteiger partial charge in [0.15, 0.2) is 0 Å². The molecule has 3 nitrogen and oxygen atoms in total. The summed E-state index contributed by atoms with van der Waals surface area (Å²) in [5.41, 5.74) is 0. The average molecular weight is 213 g/mol. The quantitative estimate of drug-likeness (QED) is 0.520. The molecule has 0 amide bonds. The molecule has 0 saturated heterocycles. The first-order valence-electron chi connectivity index (χ1n) is 6.19. The Hall–Kier alpha value is -0.570. The third-order valence-corrected chi connectivity index (χ3v) is 3.02. The molecule has 1 rings (SSSR count). The molecule has 0 unspecified atom stereocenters. The molecule has 1 aliphatic rings. The Bertz CT molecular complexity index is 176. The van der Waals surface area contributed by atoms with Gasteiger partial charge in [-0.15, -0.1) is 0 Å². The summed E-state index contributed by atoms with van der Waals surface area (Å²) in [6.07, 6.45) is 7.39. The minimum Gasteiger partial charge on any atom is -0.466 e. The van der Waals surface area contributed by atoms with Gasteiger partial charge < -0.3 is 10.1 Å². The lowest BCUT2D eigenvalue weighted by Gasteiger charge is -2.09. The molecule has 0 heterocycles. The van der Waals surface area contributed by atoms with Gasteiger partial charge >= 0.3 is 5.97 Å². The van der Waals surface area contributed by atoms with Gasteiger partial charge in [0.05, 0.1) is 13.0 Å². The van der Waals surface area contributed by atoms with Crippen molar-refractivity contribution in [2.24, 2.45) is 5.92 Å². The Morgan fingerprint density at radius 3 is 2.73 bits per heavy atom. The SMILES string of the molecule is CCOC(=O)CCNCCC1CCCC1. The molecule has 0 radical (unpaired) electrons. The summed E-state index contributed by atoms with van der Waals surface area (Å²) in [5.74, 6) is 0.839. The van der Waals surface area contributed by atoms with Gasteiger partial charge in [-0.2, -0.15) is 0 Å². The maximum absolute atomic E-state index is 11.0. The van der Waals surface area contributed by atoms with E-state index in [1.165, 1.54) is 32.1 Å². The number of rotatable bonds is 7. The Morgan fingerprint density at radius 1 is 1.33 bits per heavy atom. The first-order chi connectivity index (χ1) is 7.33. The fourth-order valence-corrected chi connectivity index (χ4v) is 2.15. The molecule has 0 atom stereocenters. The van der Waals surface area contributed by atoms with Gasteiger partial charge in [-0.25, -0.2) is 0 Å². The predicted octanol–water partition coefficient (Wildman–Crippen LogP) is 2.11. The van der Waals surface area contributed by atoms with Gasteiger partial charge in [-0.3, -0.25) is 4.79 Å². The monoisotopic (exact) mass is 213 g/mol. The molecule has 88 valence electrons. The fraction of sp³-hybridized carbons (Fsp3) is 0.917. The van der Waals surface area contributed by atoms with E-state index < -0.39 is 0 Å². The van der Waals surface area contributed by atoms with Crippen LogP contribution in [0.2, 0.25) is 0 Å². The van der Waals surface area contributed by atoms with Gasteiger partial charge in [0.25, 0.3) is 0 Å².